The number of aliphatic hydroxyl groups excluding tert-OH is 1. The van der Waals surface area contributed by atoms with Crippen LogP contribution < -0.4 is 4.74 Å². The Hall–Kier alpha value is -1.80. The van der Waals surface area contributed by atoms with Crippen molar-refractivity contribution in [1.29, 1.82) is 0 Å². The first kappa shape index (κ1) is 15.6. The summed E-state index contributed by atoms with van der Waals surface area (Å²) in [6, 6.07) is 15.8. The molecular weight excluding hydrogens is 260 g/mol. The van der Waals surface area contributed by atoms with Crippen molar-refractivity contribution in [1.82, 2.24) is 0 Å². The lowest BCUT2D eigenvalue weighted by Gasteiger charge is -2.28. The van der Waals surface area contributed by atoms with E-state index in [2.05, 4.69) is 33.8 Å². The van der Waals surface area contributed by atoms with Crippen molar-refractivity contribution in [2.45, 2.75) is 39.9 Å². The number of aryl methyl sites for hydroxylation is 2. The second kappa shape index (κ2) is 6.77. The molecule has 2 aromatic carbocycles. The molecule has 0 saturated heterocycles. The van der Waals surface area contributed by atoms with Gasteiger partial charge in [0, 0.05) is 0 Å². The Morgan fingerprint density at radius 1 is 0.905 bits per heavy atom. The van der Waals surface area contributed by atoms with E-state index in [0.717, 1.165) is 11.3 Å². The molecule has 2 aromatic rings. The summed E-state index contributed by atoms with van der Waals surface area (Å²) in [6.07, 6.45) is -0.902. The molecular formula is C19H24O2. The molecule has 0 bridgehead atoms. The topological polar surface area (TPSA) is 29.5 Å². The van der Waals surface area contributed by atoms with Crippen LogP contribution in [0.5, 0.6) is 5.75 Å². The summed E-state index contributed by atoms with van der Waals surface area (Å²) in [4.78, 5) is 0. The summed E-state index contributed by atoms with van der Waals surface area (Å²) in [6.45, 7) is 8.24. The van der Waals surface area contributed by atoms with Gasteiger partial charge in [-0.05, 0) is 48.6 Å². The average Bonchev–Trinajstić information content (AvgIpc) is 2.43. The van der Waals surface area contributed by atoms with Gasteiger partial charge in [0.05, 0.1) is 0 Å². The maximum atomic E-state index is 10.6. The van der Waals surface area contributed by atoms with Gasteiger partial charge < -0.3 is 9.84 Å². The van der Waals surface area contributed by atoms with E-state index in [1.54, 1.807) is 0 Å². The molecule has 0 fully saturated rings. The van der Waals surface area contributed by atoms with Gasteiger partial charge in [0.15, 0.2) is 0 Å². The lowest BCUT2D eigenvalue weighted by molar-refractivity contribution is 0.00783. The number of aliphatic hydroxyl groups is 1. The van der Waals surface area contributed by atoms with Crippen LogP contribution in [0.2, 0.25) is 0 Å². The molecule has 0 radical (unpaired) electrons. The third-order valence-corrected chi connectivity index (χ3v) is 3.58. The highest BCUT2D eigenvalue weighted by atomic mass is 16.5. The highest BCUT2D eigenvalue weighted by Gasteiger charge is 2.26. The molecule has 0 spiro atoms. The third kappa shape index (κ3) is 4.08. The van der Waals surface area contributed by atoms with E-state index in [4.69, 9.17) is 4.74 Å². The zero-order valence-electron chi connectivity index (χ0n) is 13.2. The maximum absolute atomic E-state index is 10.6. The van der Waals surface area contributed by atoms with Gasteiger partial charge in [0.25, 0.3) is 0 Å². The van der Waals surface area contributed by atoms with Crippen LogP contribution in [-0.4, -0.2) is 11.2 Å². The van der Waals surface area contributed by atoms with E-state index in [1.807, 2.05) is 42.5 Å². The molecule has 0 heterocycles. The van der Waals surface area contributed by atoms with E-state index in [0.29, 0.717) is 0 Å². The monoisotopic (exact) mass is 284 g/mol. The first-order chi connectivity index (χ1) is 9.97. The highest BCUT2D eigenvalue weighted by Crippen LogP contribution is 2.27. The second-order valence-corrected chi connectivity index (χ2v) is 6.01. The molecule has 2 atom stereocenters. The van der Waals surface area contributed by atoms with Crippen molar-refractivity contribution >= 4 is 0 Å². The van der Waals surface area contributed by atoms with Gasteiger partial charge in [-0.3, -0.25) is 0 Å². The lowest BCUT2D eigenvalue weighted by atomic mass is 9.96. The van der Waals surface area contributed by atoms with Gasteiger partial charge >= 0.3 is 0 Å². The van der Waals surface area contributed by atoms with Crippen LogP contribution in [-0.2, 0) is 0 Å². The van der Waals surface area contributed by atoms with Crippen molar-refractivity contribution in [3.8, 4) is 5.75 Å². The standard InChI is InChI=1S/C19H24O2/c1-13(2)19(18(20)16-8-6-5-7-9-16)21-17-11-14(3)10-15(4)12-17/h5-13,18-20H,1-4H3. The molecule has 21 heavy (non-hydrogen) atoms. The Labute approximate surface area is 127 Å². The molecule has 0 saturated carbocycles. The van der Waals surface area contributed by atoms with Crippen molar-refractivity contribution in [2.75, 3.05) is 0 Å². The van der Waals surface area contributed by atoms with E-state index in [-0.39, 0.29) is 12.0 Å². The van der Waals surface area contributed by atoms with Crippen LogP contribution in [0, 0.1) is 19.8 Å². The van der Waals surface area contributed by atoms with Crippen molar-refractivity contribution < 1.29 is 9.84 Å². The fourth-order valence-corrected chi connectivity index (χ4v) is 2.56. The van der Waals surface area contributed by atoms with Crippen molar-refractivity contribution in [2.24, 2.45) is 5.92 Å². The first-order valence-corrected chi connectivity index (χ1v) is 7.45. The minimum Gasteiger partial charge on any atom is -0.487 e. The number of benzene rings is 2. The minimum absolute atomic E-state index is 0.209. The molecule has 0 aliphatic carbocycles. The van der Waals surface area contributed by atoms with Crippen LogP contribution >= 0.6 is 0 Å². The first-order valence-electron chi connectivity index (χ1n) is 7.45. The second-order valence-electron chi connectivity index (χ2n) is 6.01. The SMILES string of the molecule is Cc1cc(C)cc(OC(C(C)C)C(O)c2ccccc2)c1. The highest BCUT2D eigenvalue weighted by molar-refractivity contribution is 5.33. The van der Waals surface area contributed by atoms with Crippen molar-refractivity contribution in [3.63, 3.8) is 0 Å². The Morgan fingerprint density at radius 3 is 2.00 bits per heavy atom. The molecule has 0 amide bonds. The fourth-order valence-electron chi connectivity index (χ4n) is 2.56. The predicted octanol–water partition coefficient (Wildman–Crippen LogP) is 4.44. The Kier molecular flexibility index (Phi) is 5.03. The summed E-state index contributed by atoms with van der Waals surface area (Å²) in [5.74, 6) is 1.03. The normalized spacial score (nSPS) is 14.0. The molecule has 0 aliphatic rings. The van der Waals surface area contributed by atoms with Gasteiger partial charge in [-0.2, -0.15) is 0 Å². The third-order valence-electron chi connectivity index (χ3n) is 3.58. The molecule has 2 rings (SSSR count). The molecule has 2 unspecified atom stereocenters. The summed E-state index contributed by atoms with van der Waals surface area (Å²) >= 11 is 0. The zero-order chi connectivity index (χ0) is 15.4. The molecule has 0 aromatic heterocycles. The van der Waals surface area contributed by atoms with Crippen LogP contribution in [0.1, 0.15) is 36.6 Å². The number of hydrogen-bond donors (Lipinski definition) is 1. The number of ether oxygens (including phenoxy) is 1. The Bertz CT molecular complexity index is 555. The van der Waals surface area contributed by atoms with Crippen LogP contribution in [0.4, 0.5) is 0 Å². The molecule has 0 aliphatic heterocycles. The van der Waals surface area contributed by atoms with Gasteiger partial charge in [-0.1, -0.05) is 50.2 Å². The average molecular weight is 284 g/mol. The summed E-state index contributed by atoms with van der Waals surface area (Å²) in [5.41, 5.74) is 3.23. The minimum atomic E-state index is -0.632. The Morgan fingerprint density at radius 2 is 1.48 bits per heavy atom. The Balaban J connectivity index is 2.23. The summed E-state index contributed by atoms with van der Waals surface area (Å²) in [7, 11) is 0. The summed E-state index contributed by atoms with van der Waals surface area (Å²) < 4.78 is 6.10. The summed E-state index contributed by atoms with van der Waals surface area (Å²) in [5, 5.41) is 10.6. The molecule has 2 nitrogen and oxygen atoms in total. The van der Waals surface area contributed by atoms with E-state index >= 15 is 0 Å². The van der Waals surface area contributed by atoms with E-state index in [1.165, 1.54) is 11.1 Å². The van der Waals surface area contributed by atoms with Gasteiger partial charge in [0.1, 0.15) is 18.0 Å². The largest absolute Gasteiger partial charge is 0.487 e. The molecule has 112 valence electrons. The molecule has 2 heteroatoms. The molecule has 1 N–H and O–H groups in total. The zero-order valence-corrected chi connectivity index (χ0v) is 13.2. The number of hydrogen-bond acceptors (Lipinski definition) is 2. The van der Waals surface area contributed by atoms with Crippen LogP contribution in [0.3, 0.4) is 0 Å². The van der Waals surface area contributed by atoms with Crippen molar-refractivity contribution in [3.05, 3.63) is 65.2 Å². The smallest absolute Gasteiger partial charge is 0.131 e. The maximum Gasteiger partial charge on any atom is 0.131 e. The quantitative estimate of drug-likeness (QED) is 0.879. The van der Waals surface area contributed by atoms with Gasteiger partial charge in [-0.25, -0.2) is 0 Å². The fraction of sp³-hybridized carbons (Fsp3) is 0.368. The van der Waals surface area contributed by atoms with E-state index in [9.17, 15) is 5.11 Å². The van der Waals surface area contributed by atoms with Gasteiger partial charge in [-0.15, -0.1) is 0 Å². The predicted molar refractivity (Wildman–Crippen MR) is 86.6 cm³/mol. The number of rotatable bonds is 5. The van der Waals surface area contributed by atoms with Crippen LogP contribution in [0.25, 0.3) is 0 Å². The van der Waals surface area contributed by atoms with E-state index < -0.39 is 6.10 Å². The van der Waals surface area contributed by atoms with Crippen LogP contribution in [0.15, 0.2) is 48.5 Å². The van der Waals surface area contributed by atoms with Gasteiger partial charge in [0.2, 0.25) is 0 Å². The lowest BCUT2D eigenvalue weighted by Crippen LogP contribution is -2.30.